The van der Waals surface area contributed by atoms with Gasteiger partial charge in [0.05, 0.1) is 22.5 Å². The quantitative estimate of drug-likeness (QED) is 0.170. The lowest BCUT2D eigenvalue weighted by molar-refractivity contribution is -0.123. The van der Waals surface area contributed by atoms with Crippen LogP contribution in [0.3, 0.4) is 0 Å². The average Bonchev–Trinajstić information content (AvgIpc) is 3.83. The Morgan fingerprint density at radius 3 is 2.41 bits per heavy atom. The highest BCUT2D eigenvalue weighted by Crippen LogP contribution is 2.69. The van der Waals surface area contributed by atoms with Gasteiger partial charge < -0.3 is 15.0 Å². The molecule has 2 saturated carbocycles. The van der Waals surface area contributed by atoms with Crippen LogP contribution in [-0.2, 0) is 14.4 Å². The number of imide groups is 1. The lowest BCUT2D eigenvalue weighted by atomic mass is 9.68. The Hall–Kier alpha value is -3.71. The summed E-state index contributed by atoms with van der Waals surface area (Å²) >= 11 is 9.93. The molecule has 3 fully saturated rings. The maximum Gasteiger partial charge on any atom is 0.305 e. The van der Waals surface area contributed by atoms with Crippen molar-refractivity contribution in [1.82, 2.24) is 4.98 Å². The number of thiazole rings is 1. The van der Waals surface area contributed by atoms with Crippen LogP contribution in [0.2, 0.25) is 0 Å². The van der Waals surface area contributed by atoms with Gasteiger partial charge in [-0.15, -0.1) is 11.8 Å². The van der Waals surface area contributed by atoms with E-state index in [-0.39, 0.29) is 64.0 Å². The van der Waals surface area contributed by atoms with Gasteiger partial charge in [0, 0.05) is 36.2 Å². The molecule has 2 bridgehead atoms. The number of carbonyl (C=O) groups is 3. The molecule has 5 aromatic rings. The number of nitrogens with zero attached hydrogens (tertiary/aromatic N) is 1. The molecule has 0 spiro atoms. The number of H-pyrrole nitrogens is 1. The van der Waals surface area contributed by atoms with Crippen molar-refractivity contribution in [2.75, 3.05) is 16.8 Å². The van der Waals surface area contributed by atoms with Gasteiger partial charge in [0.2, 0.25) is 11.8 Å². The van der Waals surface area contributed by atoms with Crippen molar-refractivity contribution in [2.24, 2.45) is 29.6 Å². The first kappa shape index (κ1) is 31.3. The molecule has 4 aromatic carbocycles. The molecule has 2 N–H and O–H groups in total. The van der Waals surface area contributed by atoms with Crippen LogP contribution in [0, 0.1) is 29.6 Å². The van der Waals surface area contributed by atoms with E-state index in [0.29, 0.717) is 17.1 Å². The molecule has 2 aliphatic heterocycles. The Balaban J connectivity index is 1.04. The Kier molecular flexibility index (Phi) is 7.64. The molecular formula is C37H27Br2N3O5S2. The third kappa shape index (κ3) is 5.13. The minimum absolute atomic E-state index is 0.00907. The Morgan fingerprint density at radius 2 is 1.61 bits per heavy atom. The number of benzene rings is 4. The molecule has 4 unspecified atom stereocenters. The molecule has 7 atom stereocenters. The smallest absolute Gasteiger partial charge is 0.305 e. The van der Waals surface area contributed by atoms with Gasteiger partial charge in [-0.25, -0.2) is 0 Å². The predicted octanol–water partition coefficient (Wildman–Crippen LogP) is 7.81. The van der Waals surface area contributed by atoms with Crippen LogP contribution in [0.25, 0.3) is 10.8 Å². The van der Waals surface area contributed by atoms with E-state index in [9.17, 15) is 19.2 Å². The van der Waals surface area contributed by atoms with E-state index in [2.05, 4.69) is 42.2 Å². The number of nitrogens with one attached hydrogen (secondary N) is 2. The molecular weight excluding hydrogens is 790 g/mol. The number of hydrogen-bond donors (Lipinski definition) is 2. The summed E-state index contributed by atoms with van der Waals surface area (Å²) in [5, 5.41) is 5.90. The number of hydrogen-bond acceptors (Lipinski definition) is 7. The summed E-state index contributed by atoms with van der Waals surface area (Å²) < 4.78 is 7.98. The summed E-state index contributed by atoms with van der Waals surface area (Å²) in [6.07, 6.45) is 0.775. The molecule has 1 saturated heterocycles. The van der Waals surface area contributed by atoms with Gasteiger partial charge in [-0.05, 0) is 89.5 Å². The summed E-state index contributed by atoms with van der Waals surface area (Å²) in [6, 6.07) is 26.8. The standard InChI is InChI=1S/C37H27Br2N3O5S2/c38-19-6-10-22(11-7-19)42-35(44)30-24-15-25(31(30)36(42)45)32-29(24)28(33-34(48-32)41-37(46)49-33)23-14-20(39)8-12-26(23)47-16-27(43)40-21-9-5-17-3-1-2-4-18(17)13-21/h1-14,24-25,28-32H,15-16H2,(H,40,43)(H,41,46)/t24-,25-,28-,29?,30?,31?,32?/m1/s1. The number of aromatic amines is 1. The molecule has 3 amide bonds. The molecule has 4 aliphatic rings. The van der Waals surface area contributed by atoms with Gasteiger partial charge in [0.25, 0.3) is 5.91 Å². The summed E-state index contributed by atoms with van der Waals surface area (Å²) in [6.45, 7) is -0.209. The van der Waals surface area contributed by atoms with Gasteiger partial charge in [0.1, 0.15) is 5.75 Å². The van der Waals surface area contributed by atoms with Crippen molar-refractivity contribution < 1.29 is 19.1 Å². The lowest BCUT2D eigenvalue weighted by Gasteiger charge is -2.43. The van der Waals surface area contributed by atoms with Crippen molar-refractivity contribution in [1.29, 1.82) is 0 Å². The number of amides is 3. The summed E-state index contributed by atoms with van der Waals surface area (Å²) in [5.74, 6) is -1.17. The SMILES string of the molecule is O=C(COc1ccc(Br)cc1[C@H]1c2sc(=O)[nH]c2SC2C1[C@H]1C[C@@H]2C2C(=O)N(c3ccc(Br)cc3)C(=O)C21)Nc1ccc2ccccc2c1. The molecule has 3 heterocycles. The second-order valence-corrected chi connectivity index (χ2v) is 17.1. The van der Waals surface area contributed by atoms with Gasteiger partial charge in [-0.1, -0.05) is 73.5 Å². The molecule has 12 heteroatoms. The van der Waals surface area contributed by atoms with Gasteiger partial charge >= 0.3 is 4.87 Å². The highest BCUT2D eigenvalue weighted by atomic mass is 79.9. The summed E-state index contributed by atoms with van der Waals surface area (Å²) in [4.78, 5) is 59.2. The predicted molar refractivity (Wildman–Crippen MR) is 197 cm³/mol. The zero-order valence-corrected chi connectivity index (χ0v) is 30.4. The van der Waals surface area contributed by atoms with Crippen molar-refractivity contribution >= 4 is 94.8 Å². The molecule has 9 rings (SSSR count). The lowest BCUT2D eigenvalue weighted by Crippen LogP contribution is -2.42. The number of thioether (sulfide) groups is 1. The fraction of sp³-hybridized carbons (Fsp3) is 0.243. The Bertz CT molecular complexity index is 2250. The monoisotopic (exact) mass is 815 g/mol. The number of rotatable bonds is 6. The van der Waals surface area contributed by atoms with Crippen molar-refractivity contribution in [3.05, 3.63) is 114 Å². The molecule has 0 radical (unpaired) electrons. The molecule has 2 aliphatic carbocycles. The van der Waals surface area contributed by atoms with E-state index in [4.69, 9.17) is 4.74 Å². The van der Waals surface area contributed by atoms with Crippen LogP contribution < -0.4 is 19.8 Å². The van der Waals surface area contributed by atoms with Crippen LogP contribution in [0.15, 0.2) is 104 Å². The first-order chi connectivity index (χ1) is 23.7. The van der Waals surface area contributed by atoms with Crippen molar-refractivity contribution in [3.63, 3.8) is 0 Å². The van der Waals surface area contributed by atoms with Crippen LogP contribution in [0.5, 0.6) is 5.75 Å². The number of carbonyl (C=O) groups excluding carboxylic acids is 3. The highest BCUT2D eigenvalue weighted by molar-refractivity contribution is 9.10. The number of ether oxygens (including phenoxy) is 1. The van der Waals surface area contributed by atoms with Crippen molar-refractivity contribution in [2.45, 2.75) is 22.6 Å². The third-order valence-electron chi connectivity index (χ3n) is 10.5. The number of anilines is 2. The zero-order valence-electron chi connectivity index (χ0n) is 25.6. The Labute approximate surface area is 305 Å². The largest absolute Gasteiger partial charge is 0.483 e. The van der Waals surface area contributed by atoms with E-state index in [1.54, 1.807) is 23.9 Å². The highest BCUT2D eigenvalue weighted by Gasteiger charge is 2.69. The first-order valence-corrected chi connectivity index (χ1v) is 19.3. The fourth-order valence-electron chi connectivity index (χ4n) is 8.71. The maximum atomic E-state index is 14.1. The first-order valence-electron chi connectivity index (χ1n) is 16.0. The van der Waals surface area contributed by atoms with Gasteiger partial charge in [-0.3, -0.25) is 24.1 Å². The summed E-state index contributed by atoms with van der Waals surface area (Å²) in [7, 11) is 0. The zero-order chi connectivity index (χ0) is 33.6. The van der Waals surface area contributed by atoms with E-state index >= 15 is 0 Å². The second kappa shape index (κ2) is 12.0. The minimum atomic E-state index is -0.424. The van der Waals surface area contributed by atoms with E-state index < -0.39 is 5.92 Å². The average molecular weight is 818 g/mol. The normalized spacial score (nSPS) is 26.5. The molecule has 8 nitrogen and oxygen atoms in total. The van der Waals surface area contributed by atoms with Gasteiger partial charge in [-0.2, -0.15) is 0 Å². The maximum absolute atomic E-state index is 14.1. The Morgan fingerprint density at radius 1 is 0.878 bits per heavy atom. The van der Waals surface area contributed by atoms with Crippen LogP contribution >= 0.6 is 55.0 Å². The number of fused-ring (bicyclic) bond motifs is 10. The molecule has 1 aromatic heterocycles. The topological polar surface area (TPSA) is 109 Å². The molecule has 49 heavy (non-hydrogen) atoms. The van der Waals surface area contributed by atoms with Crippen molar-refractivity contribution in [3.8, 4) is 5.75 Å². The second-order valence-electron chi connectivity index (χ2n) is 13.0. The van der Waals surface area contributed by atoms with E-state index in [1.165, 1.54) is 16.2 Å². The van der Waals surface area contributed by atoms with Crippen LogP contribution in [0.1, 0.15) is 22.8 Å². The van der Waals surface area contributed by atoms with Gasteiger partial charge in [0.15, 0.2) is 6.61 Å². The number of halogens is 2. The van der Waals surface area contributed by atoms with Crippen LogP contribution in [0.4, 0.5) is 11.4 Å². The third-order valence-corrected chi connectivity index (χ3v) is 14.1. The summed E-state index contributed by atoms with van der Waals surface area (Å²) in [5.41, 5.74) is 2.12. The minimum Gasteiger partial charge on any atom is -0.483 e. The fourth-order valence-corrected chi connectivity index (χ4v) is 12.2. The number of aromatic nitrogens is 1. The molecule has 246 valence electrons. The van der Waals surface area contributed by atoms with E-state index in [0.717, 1.165) is 41.6 Å². The van der Waals surface area contributed by atoms with E-state index in [1.807, 2.05) is 72.8 Å². The van der Waals surface area contributed by atoms with Crippen LogP contribution in [-0.4, -0.2) is 34.6 Å².